The Morgan fingerprint density at radius 2 is 1.41 bits per heavy atom. The first-order valence-electron chi connectivity index (χ1n) is 8.32. The minimum atomic E-state index is -0.876. The third-order valence-electron chi connectivity index (χ3n) is 4.22. The highest BCUT2D eigenvalue weighted by atomic mass is 16.5. The average Bonchev–Trinajstić information content (AvgIpc) is 2.71. The van der Waals surface area contributed by atoms with E-state index in [-0.39, 0.29) is 12.5 Å². The van der Waals surface area contributed by atoms with Crippen molar-refractivity contribution in [3.8, 4) is 23.0 Å². The van der Waals surface area contributed by atoms with Gasteiger partial charge in [-0.1, -0.05) is 6.07 Å². The Morgan fingerprint density at radius 1 is 0.889 bits per heavy atom. The zero-order valence-corrected chi connectivity index (χ0v) is 16.2. The van der Waals surface area contributed by atoms with E-state index in [1.165, 1.54) is 26.2 Å². The molecule has 0 saturated carbocycles. The van der Waals surface area contributed by atoms with Gasteiger partial charge in [0, 0.05) is 12.6 Å². The average molecular weight is 375 g/mol. The van der Waals surface area contributed by atoms with Crippen LogP contribution in [0.3, 0.4) is 0 Å². The zero-order chi connectivity index (χ0) is 20.0. The molecular weight excluding hydrogens is 350 g/mol. The van der Waals surface area contributed by atoms with Gasteiger partial charge in [-0.15, -0.1) is 0 Å². The number of nitrogens with zero attached hydrogens (tertiary/aromatic N) is 1. The van der Waals surface area contributed by atoms with Crippen molar-refractivity contribution >= 4 is 5.91 Å². The van der Waals surface area contributed by atoms with Crippen LogP contribution in [-0.4, -0.2) is 57.9 Å². The SMILES string of the molecule is COc1ccc(C(=O)N(C)CC(O)c2ccc(OC)c(OC)c2)cc1OC. The van der Waals surface area contributed by atoms with Crippen molar-refractivity contribution in [3.63, 3.8) is 0 Å². The lowest BCUT2D eigenvalue weighted by molar-refractivity contribution is 0.0680. The van der Waals surface area contributed by atoms with Gasteiger partial charge in [-0.05, 0) is 35.9 Å². The van der Waals surface area contributed by atoms with Gasteiger partial charge in [0.05, 0.1) is 41.1 Å². The quantitative estimate of drug-likeness (QED) is 0.764. The van der Waals surface area contributed by atoms with Crippen LogP contribution < -0.4 is 18.9 Å². The van der Waals surface area contributed by atoms with E-state index < -0.39 is 6.10 Å². The molecule has 0 aliphatic rings. The highest BCUT2D eigenvalue weighted by molar-refractivity contribution is 5.94. The maximum atomic E-state index is 12.7. The molecule has 0 aromatic heterocycles. The monoisotopic (exact) mass is 375 g/mol. The molecule has 1 atom stereocenters. The molecule has 2 aromatic rings. The fourth-order valence-corrected chi connectivity index (χ4v) is 2.70. The molecule has 0 aliphatic heterocycles. The van der Waals surface area contributed by atoms with Crippen molar-refractivity contribution < 1.29 is 28.8 Å². The van der Waals surface area contributed by atoms with Crippen LogP contribution in [0.2, 0.25) is 0 Å². The molecule has 0 saturated heterocycles. The van der Waals surface area contributed by atoms with Gasteiger partial charge in [0.25, 0.3) is 5.91 Å². The number of benzene rings is 2. The van der Waals surface area contributed by atoms with Gasteiger partial charge in [-0.2, -0.15) is 0 Å². The minimum absolute atomic E-state index is 0.114. The van der Waals surface area contributed by atoms with Gasteiger partial charge in [0.1, 0.15) is 0 Å². The van der Waals surface area contributed by atoms with Gasteiger partial charge >= 0.3 is 0 Å². The summed E-state index contributed by atoms with van der Waals surface area (Å²) in [6.07, 6.45) is -0.876. The van der Waals surface area contributed by atoms with E-state index in [4.69, 9.17) is 18.9 Å². The van der Waals surface area contributed by atoms with Gasteiger partial charge in [-0.25, -0.2) is 0 Å². The molecule has 0 heterocycles. The molecule has 1 unspecified atom stereocenters. The molecule has 0 spiro atoms. The van der Waals surface area contributed by atoms with E-state index in [1.807, 2.05) is 0 Å². The Balaban J connectivity index is 2.14. The van der Waals surface area contributed by atoms with Gasteiger partial charge in [-0.3, -0.25) is 4.79 Å². The molecule has 7 heteroatoms. The van der Waals surface area contributed by atoms with Gasteiger partial charge in [0.2, 0.25) is 0 Å². The van der Waals surface area contributed by atoms with Crippen LogP contribution in [0.25, 0.3) is 0 Å². The first kappa shape index (κ1) is 20.4. The number of hydrogen-bond acceptors (Lipinski definition) is 6. The van der Waals surface area contributed by atoms with Crippen molar-refractivity contribution in [2.24, 2.45) is 0 Å². The van der Waals surface area contributed by atoms with E-state index in [0.29, 0.717) is 34.1 Å². The van der Waals surface area contributed by atoms with Crippen LogP contribution in [0.5, 0.6) is 23.0 Å². The summed E-state index contributed by atoms with van der Waals surface area (Å²) in [6.45, 7) is 0.114. The summed E-state index contributed by atoms with van der Waals surface area (Å²) in [4.78, 5) is 14.1. The molecular formula is C20H25NO6. The van der Waals surface area contributed by atoms with Crippen molar-refractivity contribution in [1.82, 2.24) is 4.90 Å². The molecule has 2 aromatic carbocycles. The van der Waals surface area contributed by atoms with Crippen molar-refractivity contribution in [3.05, 3.63) is 47.5 Å². The predicted molar refractivity (Wildman–Crippen MR) is 101 cm³/mol. The smallest absolute Gasteiger partial charge is 0.253 e. The number of ether oxygens (including phenoxy) is 4. The van der Waals surface area contributed by atoms with Crippen molar-refractivity contribution in [2.75, 3.05) is 42.0 Å². The minimum Gasteiger partial charge on any atom is -0.493 e. The Bertz CT molecular complexity index is 792. The predicted octanol–water partition coefficient (Wildman–Crippen LogP) is 2.53. The molecule has 27 heavy (non-hydrogen) atoms. The highest BCUT2D eigenvalue weighted by Gasteiger charge is 2.19. The molecule has 0 radical (unpaired) electrons. The second-order valence-corrected chi connectivity index (χ2v) is 5.89. The number of rotatable bonds is 8. The first-order valence-corrected chi connectivity index (χ1v) is 8.32. The van der Waals surface area contributed by atoms with Crippen LogP contribution in [0.1, 0.15) is 22.0 Å². The summed E-state index contributed by atoms with van der Waals surface area (Å²) in [5.74, 6) is 1.86. The van der Waals surface area contributed by atoms with Gasteiger partial charge in [0.15, 0.2) is 23.0 Å². The number of carbonyl (C=O) groups is 1. The van der Waals surface area contributed by atoms with Crippen molar-refractivity contribution in [2.45, 2.75) is 6.10 Å². The van der Waals surface area contributed by atoms with Crippen molar-refractivity contribution in [1.29, 1.82) is 0 Å². The lowest BCUT2D eigenvalue weighted by Crippen LogP contribution is -2.31. The van der Waals surface area contributed by atoms with E-state index in [2.05, 4.69) is 0 Å². The molecule has 0 aliphatic carbocycles. The molecule has 1 amide bonds. The molecule has 2 rings (SSSR count). The first-order chi connectivity index (χ1) is 12.9. The second-order valence-electron chi connectivity index (χ2n) is 5.89. The summed E-state index contributed by atoms with van der Waals surface area (Å²) in [5.41, 5.74) is 1.06. The summed E-state index contributed by atoms with van der Waals surface area (Å²) < 4.78 is 20.9. The lowest BCUT2D eigenvalue weighted by atomic mass is 10.1. The van der Waals surface area contributed by atoms with Crippen LogP contribution >= 0.6 is 0 Å². The number of aliphatic hydroxyl groups excluding tert-OH is 1. The standard InChI is InChI=1S/C20H25NO6/c1-21(20(23)14-7-9-17(25-3)19(11-14)27-5)12-15(22)13-6-8-16(24-2)18(10-13)26-4/h6-11,15,22H,12H2,1-5H3. The number of carbonyl (C=O) groups excluding carboxylic acids is 1. The van der Waals surface area contributed by atoms with E-state index in [1.54, 1.807) is 50.6 Å². The number of hydrogen-bond donors (Lipinski definition) is 1. The lowest BCUT2D eigenvalue weighted by Gasteiger charge is -2.22. The fourth-order valence-electron chi connectivity index (χ4n) is 2.70. The Hall–Kier alpha value is -2.93. The number of likely N-dealkylation sites (N-methyl/N-ethyl adjacent to an activating group) is 1. The second kappa shape index (κ2) is 9.14. The van der Waals surface area contributed by atoms with E-state index in [9.17, 15) is 9.90 Å². The van der Waals surface area contributed by atoms with Gasteiger partial charge < -0.3 is 29.0 Å². The number of aliphatic hydroxyl groups is 1. The topological polar surface area (TPSA) is 77.5 Å². The Kier molecular flexibility index (Phi) is 6.90. The summed E-state index contributed by atoms with van der Waals surface area (Å²) >= 11 is 0. The number of methoxy groups -OCH3 is 4. The van der Waals surface area contributed by atoms with Crippen LogP contribution in [0.4, 0.5) is 0 Å². The molecule has 146 valence electrons. The summed E-state index contributed by atoms with van der Waals surface area (Å²) in [6, 6.07) is 10.1. The normalized spacial score (nSPS) is 11.5. The largest absolute Gasteiger partial charge is 0.493 e. The maximum absolute atomic E-state index is 12.7. The third kappa shape index (κ3) is 4.62. The van der Waals surface area contributed by atoms with Crippen LogP contribution in [-0.2, 0) is 0 Å². The zero-order valence-electron chi connectivity index (χ0n) is 16.2. The van der Waals surface area contributed by atoms with Crippen LogP contribution in [0, 0.1) is 0 Å². The Morgan fingerprint density at radius 3 is 1.96 bits per heavy atom. The van der Waals surface area contributed by atoms with E-state index >= 15 is 0 Å². The third-order valence-corrected chi connectivity index (χ3v) is 4.22. The Labute approximate surface area is 159 Å². The highest BCUT2D eigenvalue weighted by Crippen LogP contribution is 2.31. The number of amides is 1. The van der Waals surface area contributed by atoms with E-state index in [0.717, 1.165) is 0 Å². The molecule has 0 bridgehead atoms. The molecule has 1 N–H and O–H groups in total. The maximum Gasteiger partial charge on any atom is 0.253 e. The van der Waals surface area contributed by atoms with Crippen LogP contribution in [0.15, 0.2) is 36.4 Å². The fraction of sp³-hybridized carbons (Fsp3) is 0.350. The summed E-state index contributed by atoms with van der Waals surface area (Å²) in [7, 11) is 7.74. The molecule has 7 nitrogen and oxygen atoms in total. The molecule has 0 fully saturated rings. The summed E-state index contributed by atoms with van der Waals surface area (Å²) in [5, 5.41) is 10.5.